The summed E-state index contributed by atoms with van der Waals surface area (Å²) in [6.07, 6.45) is 6.65. The molecule has 3 aliphatic heterocycles. The molecule has 5 nitrogen and oxygen atoms in total. The molecule has 118 valence electrons. The van der Waals surface area contributed by atoms with Gasteiger partial charge in [-0.2, -0.15) is 0 Å². The number of nitrogens with zero attached hydrogens (tertiary/aromatic N) is 3. The highest BCUT2D eigenvalue weighted by atomic mass is 16.5. The first-order valence-electron chi connectivity index (χ1n) is 8.36. The van der Waals surface area contributed by atoms with Crippen LogP contribution in [0.15, 0.2) is 24.5 Å². The third-order valence-corrected chi connectivity index (χ3v) is 5.33. The van der Waals surface area contributed by atoms with Gasteiger partial charge in [0.05, 0.1) is 11.9 Å². The lowest BCUT2D eigenvalue weighted by molar-refractivity contribution is -0.140. The zero-order valence-electron chi connectivity index (χ0n) is 12.9. The first-order chi connectivity index (χ1) is 10.8. The summed E-state index contributed by atoms with van der Waals surface area (Å²) in [6, 6.07) is 4.11. The second kappa shape index (κ2) is 5.88. The van der Waals surface area contributed by atoms with Crippen LogP contribution in [0.1, 0.15) is 19.3 Å². The highest BCUT2D eigenvalue weighted by molar-refractivity contribution is 5.81. The summed E-state index contributed by atoms with van der Waals surface area (Å²) in [5.74, 6) is 1.46. The number of fused-ring (bicyclic) bond motifs is 1. The Kier molecular flexibility index (Phi) is 3.74. The van der Waals surface area contributed by atoms with Crippen molar-refractivity contribution in [3.63, 3.8) is 0 Å². The highest BCUT2D eigenvalue weighted by Crippen LogP contribution is 2.34. The van der Waals surface area contributed by atoms with Gasteiger partial charge >= 0.3 is 0 Å². The van der Waals surface area contributed by atoms with Crippen molar-refractivity contribution in [2.75, 3.05) is 37.7 Å². The molecule has 5 heteroatoms. The molecule has 4 rings (SSSR count). The van der Waals surface area contributed by atoms with Gasteiger partial charge in [-0.15, -0.1) is 0 Å². The summed E-state index contributed by atoms with van der Waals surface area (Å²) in [5.41, 5.74) is 1.20. The van der Waals surface area contributed by atoms with Gasteiger partial charge in [0.25, 0.3) is 5.91 Å². The summed E-state index contributed by atoms with van der Waals surface area (Å²) >= 11 is 0. The van der Waals surface area contributed by atoms with E-state index in [2.05, 4.69) is 20.9 Å². The Hall–Kier alpha value is -1.62. The Bertz CT molecular complexity index is 530. The summed E-state index contributed by atoms with van der Waals surface area (Å²) in [5, 5.41) is 0. The standard InChI is InChI=1S/C17H23N3O2/c21-17(16-4-2-8-22-16)20-10-13-5-7-19(11-14(13)12-20)15-3-1-6-18-9-15/h1,3,6,9,13-14,16H,2,4-5,7-8,10-12H2/t13-,14+,16?/m0/s1. The lowest BCUT2D eigenvalue weighted by Crippen LogP contribution is -2.40. The van der Waals surface area contributed by atoms with E-state index < -0.39 is 0 Å². The molecule has 0 N–H and O–H groups in total. The zero-order valence-corrected chi connectivity index (χ0v) is 12.9. The van der Waals surface area contributed by atoms with Crippen LogP contribution in [0.2, 0.25) is 0 Å². The molecule has 0 aliphatic carbocycles. The molecule has 22 heavy (non-hydrogen) atoms. The van der Waals surface area contributed by atoms with Crippen molar-refractivity contribution in [2.24, 2.45) is 11.8 Å². The molecule has 1 aromatic heterocycles. The Morgan fingerprint density at radius 1 is 1.23 bits per heavy atom. The van der Waals surface area contributed by atoms with Gasteiger partial charge in [-0.1, -0.05) is 0 Å². The van der Waals surface area contributed by atoms with Crippen molar-refractivity contribution >= 4 is 11.6 Å². The molecule has 0 bridgehead atoms. The largest absolute Gasteiger partial charge is 0.370 e. The van der Waals surface area contributed by atoms with Crippen molar-refractivity contribution < 1.29 is 9.53 Å². The number of hydrogen-bond donors (Lipinski definition) is 0. The average molecular weight is 301 g/mol. The Labute approximate surface area is 131 Å². The molecule has 0 aromatic carbocycles. The molecule has 3 fully saturated rings. The Balaban J connectivity index is 1.40. The molecule has 1 unspecified atom stereocenters. The first kappa shape index (κ1) is 14.0. The van der Waals surface area contributed by atoms with Crippen LogP contribution in [-0.2, 0) is 9.53 Å². The highest BCUT2D eigenvalue weighted by Gasteiger charge is 2.41. The van der Waals surface area contributed by atoms with E-state index >= 15 is 0 Å². The molecule has 0 spiro atoms. The van der Waals surface area contributed by atoms with Crippen LogP contribution in [0.5, 0.6) is 0 Å². The fraction of sp³-hybridized carbons (Fsp3) is 0.647. The van der Waals surface area contributed by atoms with Gasteiger partial charge in [0.2, 0.25) is 0 Å². The van der Waals surface area contributed by atoms with Crippen LogP contribution in [0.25, 0.3) is 0 Å². The molecule has 1 amide bonds. The van der Waals surface area contributed by atoms with E-state index in [9.17, 15) is 4.79 Å². The number of hydrogen-bond acceptors (Lipinski definition) is 4. The number of carbonyl (C=O) groups excluding carboxylic acids is 1. The topological polar surface area (TPSA) is 45.7 Å². The van der Waals surface area contributed by atoms with Gasteiger partial charge in [0.15, 0.2) is 0 Å². The molecule has 0 radical (unpaired) electrons. The van der Waals surface area contributed by atoms with Crippen LogP contribution in [-0.4, -0.2) is 54.7 Å². The normalized spacial score (nSPS) is 31.4. The van der Waals surface area contributed by atoms with E-state index in [-0.39, 0.29) is 12.0 Å². The van der Waals surface area contributed by atoms with Gasteiger partial charge in [0, 0.05) is 39.0 Å². The van der Waals surface area contributed by atoms with Gasteiger partial charge in [-0.25, -0.2) is 0 Å². The minimum Gasteiger partial charge on any atom is -0.370 e. The lowest BCUT2D eigenvalue weighted by Gasteiger charge is -2.35. The second-order valence-corrected chi connectivity index (χ2v) is 6.71. The molecular weight excluding hydrogens is 278 g/mol. The molecule has 3 saturated heterocycles. The maximum atomic E-state index is 12.5. The Morgan fingerprint density at radius 2 is 2.14 bits per heavy atom. The van der Waals surface area contributed by atoms with E-state index in [1.807, 2.05) is 18.5 Å². The van der Waals surface area contributed by atoms with Crippen LogP contribution >= 0.6 is 0 Å². The maximum absolute atomic E-state index is 12.5. The lowest BCUT2D eigenvalue weighted by atomic mass is 9.88. The summed E-state index contributed by atoms with van der Waals surface area (Å²) in [7, 11) is 0. The van der Waals surface area contributed by atoms with Crippen molar-refractivity contribution in [3.8, 4) is 0 Å². The summed E-state index contributed by atoms with van der Waals surface area (Å²) in [4.78, 5) is 21.2. The van der Waals surface area contributed by atoms with Gasteiger partial charge in [-0.3, -0.25) is 9.78 Å². The number of piperidine rings is 1. The van der Waals surface area contributed by atoms with E-state index in [1.165, 1.54) is 5.69 Å². The number of rotatable bonds is 2. The van der Waals surface area contributed by atoms with Crippen LogP contribution in [0.4, 0.5) is 5.69 Å². The SMILES string of the molecule is O=C(C1CCCO1)N1C[C@@H]2CCN(c3cccnc3)C[C@@H]2C1. The predicted octanol–water partition coefficient (Wildman–Crippen LogP) is 1.55. The summed E-state index contributed by atoms with van der Waals surface area (Å²) in [6.45, 7) is 4.65. The van der Waals surface area contributed by atoms with Gasteiger partial charge in [0.1, 0.15) is 6.10 Å². The summed E-state index contributed by atoms with van der Waals surface area (Å²) < 4.78 is 5.56. The van der Waals surface area contributed by atoms with E-state index in [1.54, 1.807) is 0 Å². The van der Waals surface area contributed by atoms with Crippen LogP contribution in [0.3, 0.4) is 0 Å². The smallest absolute Gasteiger partial charge is 0.251 e. The monoisotopic (exact) mass is 301 g/mol. The molecule has 4 heterocycles. The number of likely N-dealkylation sites (tertiary alicyclic amines) is 1. The molecule has 3 atom stereocenters. The first-order valence-corrected chi connectivity index (χ1v) is 8.36. The maximum Gasteiger partial charge on any atom is 0.251 e. The molecule has 0 saturated carbocycles. The van der Waals surface area contributed by atoms with Gasteiger partial charge < -0.3 is 14.5 Å². The molecule has 1 aromatic rings. The Morgan fingerprint density at radius 3 is 2.91 bits per heavy atom. The predicted molar refractivity (Wildman–Crippen MR) is 83.6 cm³/mol. The average Bonchev–Trinajstić information content (AvgIpc) is 3.23. The van der Waals surface area contributed by atoms with Crippen molar-refractivity contribution in [2.45, 2.75) is 25.4 Å². The molecular formula is C17H23N3O2. The van der Waals surface area contributed by atoms with Gasteiger partial charge in [-0.05, 0) is 43.2 Å². The number of carbonyl (C=O) groups is 1. The van der Waals surface area contributed by atoms with Crippen LogP contribution in [0, 0.1) is 11.8 Å². The number of pyridine rings is 1. The number of anilines is 1. The number of aromatic nitrogens is 1. The number of ether oxygens (including phenoxy) is 1. The fourth-order valence-electron chi connectivity index (χ4n) is 4.10. The van der Waals surface area contributed by atoms with Crippen molar-refractivity contribution in [1.29, 1.82) is 0 Å². The zero-order chi connectivity index (χ0) is 14.9. The van der Waals surface area contributed by atoms with E-state index in [0.717, 1.165) is 52.0 Å². The van der Waals surface area contributed by atoms with E-state index in [4.69, 9.17) is 4.74 Å². The van der Waals surface area contributed by atoms with Crippen molar-refractivity contribution in [3.05, 3.63) is 24.5 Å². The third-order valence-electron chi connectivity index (χ3n) is 5.33. The second-order valence-electron chi connectivity index (χ2n) is 6.71. The van der Waals surface area contributed by atoms with Crippen LogP contribution < -0.4 is 4.90 Å². The minimum absolute atomic E-state index is 0.172. The third kappa shape index (κ3) is 2.58. The minimum atomic E-state index is -0.172. The number of amides is 1. The fourth-order valence-corrected chi connectivity index (χ4v) is 4.10. The van der Waals surface area contributed by atoms with Crippen molar-refractivity contribution in [1.82, 2.24) is 9.88 Å². The quantitative estimate of drug-likeness (QED) is 0.831. The van der Waals surface area contributed by atoms with E-state index in [0.29, 0.717) is 11.8 Å². The molecule has 3 aliphatic rings.